The highest BCUT2D eigenvalue weighted by Gasteiger charge is 2.14. The van der Waals surface area contributed by atoms with Crippen LogP contribution in [0.3, 0.4) is 0 Å². The Labute approximate surface area is 109 Å². The van der Waals surface area contributed by atoms with Gasteiger partial charge in [0.2, 0.25) is 0 Å². The summed E-state index contributed by atoms with van der Waals surface area (Å²) >= 11 is 0. The molecule has 1 rings (SSSR count). The maximum absolute atomic E-state index is 12.0. The largest absolute Gasteiger partial charge is 0.484 e. The minimum Gasteiger partial charge on any atom is -0.484 e. The summed E-state index contributed by atoms with van der Waals surface area (Å²) in [5.74, 6) is 1.03. The van der Waals surface area contributed by atoms with Gasteiger partial charge in [0.05, 0.1) is 0 Å². The van der Waals surface area contributed by atoms with Crippen molar-refractivity contribution in [3.8, 4) is 5.75 Å². The molecule has 0 saturated heterocycles. The van der Waals surface area contributed by atoms with E-state index in [0.29, 0.717) is 31.3 Å². The molecular weight excluding hydrogens is 228 g/mol. The van der Waals surface area contributed by atoms with Gasteiger partial charge in [-0.25, -0.2) is 0 Å². The van der Waals surface area contributed by atoms with Crippen molar-refractivity contribution in [1.29, 1.82) is 0 Å². The second-order valence-electron chi connectivity index (χ2n) is 4.37. The lowest BCUT2D eigenvalue weighted by molar-refractivity contribution is -0.133. The van der Waals surface area contributed by atoms with Crippen molar-refractivity contribution < 1.29 is 9.53 Å². The molecule has 0 aliphatic carbocycles. The topological polar surface area (TPSA) is 55.6 Å². The van der Waals surface area contributed by atoms with Crippen LogP contribution in [0.4, 0.5) is 0 Å². The third kappa shape index (κ3) is 4.75. The molecule has 0 fully saturated rings. The Kier molecular flexibility index (Phi) is 6.22. The molecular formula is C14H22N2O2. The van der Waals surface area contributed by atoms with Crippen molar-refractivity contribution >= 4 is 5.91 Å². The van der Waals surface area contributed by atoms with Crippen LogP contribution < -0.4 is 10.5 Å². The van der Waals surface area contributed by atoms with E-state index >= 15 is 0 Å². The second-order valence-corrected chi connectivity index (χ2v) is 4.37. The number of benzene rings is 1. The van der Waals surface area contributed by atoms with Gasteiger partial charge in [0, 0.05) is 13.1 Å². The van der Waals surface area contributed by atoms with Gasteiger partial charge in [-0.2, -0.15) is 0 Å². The highest BCUT2D eigenvalue weighted by atomic mass is 16.5. The molecule has 1 aromatic rings. The molecule has 0 aliphatic rings. The van der Waals surface area contributed by atoms with Crippen molar-refractivity contribution in [3.63, 3.8) is 0 Å². The summed E-state index contributed by atoms with van der Waals surface area (Å²) in [6.07, 6.45) is 0. The van der Waals surface area contributed by atoms with Crippen LogP contribution in [0.2, 0.25) is 0 Å². The number of ether oxygens (including phenoxy) is 1. The van der Waals surface area contributed by atoms with Gasteiger partial charge in [0.1, 0.15) is 5.75 Å². The quantitative estimate of drug-likeness (QED) is 0.798. The Bertz CT molecular complexity index is 354. The zero-order chi connectivity index (χ0) is 13.4. The van der Waals surface area contributed by atoms with E-state index in [2.05, 4.69) is 0 Å². The van der Waals surface area contributed by atoms with E-state index in [1.807, 2.05) is 44.2 Å². The summed E-state index contributed by atoms with van der Waals surface area (Å²) in [7, 11) is 0. The Hall–Kier alpha value is -1.55. The number of amides is 1. The fourth-order valence-electron chi connectivity index (χ4n) is 1.61. The highest BCUT2D eigenvalue weighted by molar-refractivity contribution is 5.77. The standard InChI is InChI=1S/C14H22N2O2/c1-3-16(10-12(2)9-15)14(17)11-18-13-7-5-4-6-8-13/h4-8,12H,3,9-11,15H2,1-2H3. The van der Waals surface area contributed by atoms with Crippen LogP contribution in [0, 0.1) is 5.92 Å². The molecule has 1 atom stereocenters. The van der Waals surface area contributed by atoms with Gasteiger partial charge in [-0.05, 0) is 31.5 Å². The minimum absolute atomic E-state index is 0.00153. The van der Waals surface area contributed by atoms with E-state index in [9.17, 15) is 4.79 Å². The number of likely N-dealkylation sites (N-methyl/N-ethyl adjacent to an activating group) is 1. The van der Waals surface area contributed by atoms with E-state index in [0.717, 1.165) is 0 Å². The average molecular weight is 250 g/mol. The van der Waals surface area contributed by atoms with E-state index in [1.165, 1.54) is 0 Å². The molecule has 0 aromatic heterocycles. The van der Waals surface area contributed by atoms with Crippen LogP contribution in [-0.4, -0.2) is 37.0 Å². The van der Waals surface area contributed by atoms with Gasteiger partial charge in [0.15, 0.2) is 6.61 Å². The number of nitrogens with zero attached hydrogens (tertiary/aromatic N) is 1. The van der Waals surface area contributed by atoms with Gasteiger partial charge < -0.3 is 15.4 Å². The fourth-order valence-corrected chi connectivity index (χ4v) is 1.61. The van der Waals surface area contributed by atoms with Crippen molar-refractivity contribution in [2.24, 2.45) is 11.7 Å². The Morgan fingerprint density at radius 1 is 1.39 bits per heavy atom. The number of nitrogens with two attached hydrogens (primary N) is 1. The average Bonchev–Trinajstić information content (AvgIpc) is 2.42. The predicted octanol–water partition coefficient (Wildman–Crippen LogP) is 1.51. The van der Waals surface area contributed by atoms with Crippen molar-refractivity contribution in [3.05, 3.63) is 30.3 Å². The monoisotopic (exact) mass is 250 g/mol. The first kappa shape index (κ1) is 14.5. The molecule has 1 unspecified atom stereocenters. The zero-order valence-corrected chi connectivity index (χ0v) is 11.1. The molecule has 0 heterocycles. The first-order valence-electron chi connectivity index (χ1n) is 6.33. The van der Waals surface area contributed by atoms with Crippen LogP contribution in [-0.2, 0) is 4.79 Å². The molecule has 0 saturated carbocycles. The van der Waals surface area contributed by atoms with Gasteiger partial charge in [0.25, 0.3) is 5.91 Å². The summed E-state index contributed by atoms with van der Waals surface area (Å²) in [6, 6.07) is 9.36. The summed E-state index contributed by atoms with van der Waals surface area (Å²) in [4.78, 5) is 13.7. The van der Waals surface area contributed by atoms with E-state index in [4.69, 9.17) is 10.5 Å². The van der Waals surface area contributed by atoms with Crippen LogP contribution in [0.15, 0.2) is 30.3 Å². The summed E-state index contributed by atoms with van der Waals surface area (Å²) in [5, 5.41) is 0. The lowest BCUT2D eigenvalue weighted by Crippen LogP contribution is -2.39. The molecule has 2 N–H and O–H groups in total. The highest BCUT2D eigenvalue weighted by Crippen LogP contribution is 2.08. The SMILES string of the molecule is CCN(CC(C)CN)C(=O)COc1ccccc1. The van der Waals surface area contributed by atoms with Gasteiger partial charge in [-0.1, -0.05) is 25.1 Å². The van der Waals surface area contributed by atoms with Crippen molar-refractivity contribution in [1.82, 2.24) is 4.90 Å². The first-order valence-corrected chi connectivity index (χ1v) is 6.33. The van der Waals surface area contributed by atoms with Crippen molar-refractivity contribution in [2.45, 2.75) is 13.8 Å². The maximum Gasteiger partial charge on any atom is 0.260 e. The first-order chi connectivity index (χ1) is 8.67. The molecule has 1 aromatic carbocycles. The maximum atomic E-state index is 12.0. The van der Waals surface area contributed by atoms with Crippen LogP contribution in [0.25, 0.3) is 0 Å². The molecule has 4 nitrogen and oxygen atoms in total. The number of rotatable bonds is 7. The lowest BCUT2D eigenvalue weighted by Gasteiger charge is -2.24. The van der Waals surface area contributed by atoms with Crippen molar-refractivity contribution in [2.75, 3.05) is 26.2 Å². The Morgan fingerprint density at radius 3 is 2.61 bits per heavy atom. The molecule has 100 valence electrons. The molecule has 1 amide bonds. The molecule has 0 spiro atoms. The van der Waals surface area contributed by atoms with Crippen LogP contribution in [0.5, 0.6) is 5.75 Å². The van der Waals surface area contributed by atoms with Crippen LogP contribution >= 0.6 is 0 Å². The number of carbonyl (C=O) groups is 1. The summed E-state index contributed by atoms with van der Waals surface area (Å²) in [5.41, 5.74) is 5.57. The number of para-hydroxylation sites is 1. The molecule has 0 aliphatic heterocycles. The van der Waals surface area contributed by atoms with E-state index in [1.54, 1.807) is 4.90 Å². The zero-order valence-electron chi connectivity index (χ0n) is 11.1. The second kappa shape index (κ2) is 7.71. The van der Waals surface area contributed by atoms with Crippen LogP contribution in [0.1, 0.15) is 13.8 Å². The summed E-state index contributed by atoms with van der Waals surface area (Å²) < 4.78 is 5.44. The molecule has 0 radical (unpaired) electrons. The molecule has 0 bridgehead atoms. The normalized spacial score (nSPS) is 11.9. The minimum atomic E-state index is 0.00153. The van der Waals surface area contributed by atoms with E-state index < -0.39 is 0 Å². The Morgan fingerprint density at radius 2 is 2.06 bits per heavy atom. The van der Waals surface area contributed by atoms with Gasteiger partial charge >= 0.3 is 0 Å². The number of hydrogen-bond acceptors (Lipinski definition) is 3. The van der Waals surface area contributed by atoms with Gasteiger partial charge in [-0.3, -0.25) is 4.79 Å². The van der Waals surface area contributed by atoms with Gasteiger partial charge in [-0.15, -0.1) is 0 Å². The van der Waals surface area contributed by atoms with E-state index in [-0.39, 0.29) is 12.5 Å². The smallest absolute Gasteiger partial charge is 0.260 e. The lowest BCUT2D eigenvalue weighted by atomic mass is 10.1. The third-order valence-corrected chi connectivity index (χ3v) is 2.77. The molecule has 4 heteroatoms. The number of hydrogen-bond donors (Lipinski definition) is 1. The number of carbonyl (C=O) groups excluding carboxylic acids is 1. The third-order valence-electron chi connectivity index (χ3n) is 2.77. The predicted molar refractivity (Wildman–Crippen MR) is 72.4 cm³/mol. The fraction of sp³-hybridized carbons (Fsp3) is 0.500. The summed E-state index contributed by atoms with van der Waals surface area (Å²) in [6.45, 7) is 6.03. The Balaban J connectivity index is 2.43. The molecule has 18 heavy (non-hydrogen) atoms.